The lowest BCUT2D eigenvalue weighted by Gasteiger charge is -2.34. The highest BCUT2D eigenvalue weighted by Gasteiger charge is 2.35. The van der Waals surface area contributed by atoms with E-state index in [1.165, 1.54) is 0 Å². The van der Waals surface area contributed by atoms with Crippen LogP contribution in [0.15, 0.2) is 11.3 Å². The number of rotatable bonds is 1. The van der Waals surface area contributed by atoms with Crippen LogP contribution in [0.1, 0.15) is 5.69 Å². The van der Waals surface area contributed by atoms with E-state index in [1.807, 2.05) is 41.6 Å². The highest BCUT2D eigenvalue weighted by molar-refractivity contribution is 6.01. The van der Waals surface area contributed by atoms with E-state index in [1.54, 1.807) is 0 Å². The van der Waals surface area contributed by atoms with E-state index >= 15 is 0 Å². The summed E-state index contributed by atoms with van der Waals surface area (Å²) in [6.45, 7) is 0. The van der Waals surface area contributed by atoms with Crippen molar-refractivity contribution in [3.05, 3.63) is 12.0 Å². The van der Waals surface area contributed by atoms with Gasteiger partial charge >= 0.3 is 0 Å². The summed E-state index contributed by atoms with van der Waals surface area (Å²) in [4.78, 5) is 14.4. The van der Waals surface area contributed by atoms with Crippen molar-refractivity contribution in [1.29, 1.82) is 0 Å². The molecule has 18 heavy (non-hydrogen) atoms. The van der Waals surface area contributed by atoms with E-state index in [0.29, 0.717) is 0 Å². The zero-order valence-corrected chi connectivity index (χ0v) is 12.5. The normalized spacial score (nSPS) is 18.3. The predicted octanol–water partition coefficient (Wildman–Crippen LogP) is -3.55. The summed E-state index contributed by atoms with van der Waals surface area (Å²) < 4.78 is 2.07. The smallest absolute Gasteiger partial charge is 0.249 e. The Morgan fingerprint density at radius 3 is 2.44 bits per heavy atom. The van der Waals surface area contributed by atoms with Gasteiger partial charge in [-0.25, -0.2) is 14.5 Å². The Bertz CT molecular complexity index is 450. The summed E-state index contributed by atoms with van der Waals surface area (Å²) in [6, 6.07) is 0. The zero-order valence-electron chi connectivity index (χ0n) is 11.8. The number of imidazole rings is 1. The molecule has 1 N–H and O–H groups in total. The fourth-order valence-electron chi connectivity index (χ4n) is 2.15. The predicted molar refractivity (Wildman–Crippen MR) is 68.1 cm³/mol. The third kappa shape index (κ3) is 2.18. The van der Waals surface area contributed by atoms with Crippen LogP contribution in [0.5, 0.6) is 0 Å². The maximum absolute atomic E-state index is 4.79. The summed E-state index contributed by atoms with van der Waals surface area (Å²) in [5, 5.41) is 0. The average molecular weight is 273 g/mol. The van der Waals surface area contributed by atoms with Gasteiger partial charge in [0.2, 0.25) is 17.8 Å². The number of halogens is 1. The van der Waals surface area contributed by atoms with Crippen molar-refractivity contribution in [1.82, 2.24) is 14.8 Å². The van der Waals surface area contributed by atoms with Crippen molar-refractivity contribution in [2.24, 2.45) is 12.0 Å². The van der Waals surface area contributed by atoms with Gasteiger partial charge in [-0.1, -0.05) is 0 Å². The molecule has 2 heterocycles. The van der Waals surface area contributed by atoms with Crippen LogP contribution in [0.25, 0.3) is 0 Å². The number of hydrogen-bond acceptors (Lipinski definition) is 4. The Hall–Kier alpha value is -1.27. The molecule has 0 radical (unpaired) electrons. The standard InChI is InChI=1S/C11H20N6.ClH/c1-14(2)10-8-9(12-7-16(8)5)17(6)11(13-10)15(3)4;/h7,11H,1-6H3;1H. The number of anilines is 1. The maximum atomic E-state index is 4.79. The van der Waals surface area contributed by atoms with Gasteiger partial charge < -0.3 is 22.2 Å². The van der Waals surface area contributed by atoms with E-state index in [0.717, 1.165) is 17.3 Å². The van der Waals surface area contributed by atoms with Crippen molar-refractivity contribution < 1.29 is 17.0 Å². The topological polar surface area (TPSA) is 41.8 Å². The van der Waals surface area contributed by atoms with Gasteiger partial charge in [0.25, 0.3) is 0 Å². The molecule has 0 aliphatic carbocycles. The van der Waals surface area contributed by atoms with Gasteiger partial charge in [-0.05, 0) is 14.1 Å². The molecular formula is C11H21ClN6. The van der Waals surface area contributed by atoms with Gasteiger partial charge in [-0.15, -0.1) is 0 Å². The monoisotopic (exact) mass is 272 g/mol. The first-order valence-corrected chi connectivity index (χ1v) is 5.65. The Balaban J connectivity index is 0.00000162. The lowest BCUT2D eigenvalue weighted by molar-refractivity contribution is -0.671. The first kappa shape index (κ1) is 14.8. The molecule has 1 atom stereocenters. The van der Waals surface area contributed by atoms with E-state index in [9.17, 15) is 0 Å². The summed E-state index contributed by atoms with van der Waals surface area (Å²) in [5.41, 5.74) is 1.12. The molecule has 0 spiro atoms. The Kier molecular flexibility index (Phi) is 4.24. The number of nitrogens with zero attached hydrogens (tertiary/aromatic N) is 5. The van der Waals surface area contributed by atoms with Gasteiger partial charge in [0.1, 0.15) is 0 Å². The van der Waals surface area contributed by atoms with Crippen LogP contribution in [0, 0.1) is 0 Å². The van der Waals surface area contributed by atoms with Gasteiger partial charge in [-0.2, -0.15) is 0 Å². The number of amidine groups is 1. The molecule has 1 unspecified atom stereocenters. The largest absolute Gasteiger partial charge is 1.00 e. The molecule has 0 aromatic carbocycles. The molecule has 1 aliphatic heterocycles. The molecule has 0 bridgehead atoms. The average Bonchev–Trinajstić information content (AvgIpc) is 2.61. The van der Waals surface area contributed by atoms with Crippen LogP contribution < -0.4 is 21.9 Å². The number of aromatic nitrogens is 2. The third-order valence-corrected chi connectivity index (χ3v) is 3.01. The van der Waals surface area contributed by atoms with Crippen molar-refractivity contribution >= 4 is 11.7 Å². The number of hydrogen-bond donors (Lipinski definition) is 1. The summed E-state index contributed by atoms with van der Waals surface area (Å²) in [6.07, 6.45) is 1.98. The lowest BCUT2D eigenvalue weighted by Crippen LogP contribution is -3.00. The molecule has 6 nitrogen and oxygen atoms in total. The number of fused-ring (bicyclic) bond motifs is 1. The summed E-state index contributed by atoms with van der Waals surface area (Å²) >= 11 is 0. The number of aromatic amines is 1. The van der Waals surface area contributed by atoms with Crippen LogP contribution in [0.2, 0.25) is 0 Å². The fraction of sp³-hybridized carbons (Fsp3) is 0.636. The van der Waals surface area contributed by atoms with Gasteiger partial charge in [-0.3, -0.25) is 4.90 Å². The Morgan fingerprint density at radius 1 is 1.33 bits per heavy atom. The second-order valence-corrected chi connectivity index (χ2v) is 4.85. The van der Waals surface area contributed by atoms with Crippen molar-refractivity contribution in [3.63, 3.8) is 0 Å². The van der Waals surface area contributed by atoms with Crippen LogP contribution in [0.4, 0.5) is 5.82 Å². The zero-order chi connectivity index (χ0) is 12.7. The summed E-state index contributed by atoms with van der Waals surface area (Å²) in [7, 11) is 12.2. The molecule has 0 amide bonds. The SMILES string of the molecule is CN(C)C1=NC(N(C)C)N(C)c2[nH]c[n+](C)c21.[Cl-]. The first-order chi connectivity index (χ1) is 7.93. The van der Waals surface area contributed by atoms with Gasteiger partial charge in [0.15, 0.2) is 12.1 Å². The van der Waals surface area contributed by atoms with Gasteiger partial charge in [0, 0.05) is 21.1 Å². The minimum absolute atomic E-state index is 0. The third-order valence-electron chi connectivity index (χ3n) is 3.01. The molecule has 0 saturated carbocycles. The molecule has 102 valence electrons. The highest BCUT2D eigenvalue weighted by atomic mass is 35.5. The first-order valence-electron chi connectivity index (χ1n) is 5.65. The number of nitrogens with one attached hydrogen (secondary N) is 1. The second kappa shape index (κ2) is 5.16. The quantitative estimate of drug-likeness (QED) is 0.539. The lowest BCUT2D eigenvalue weighted by atomic mass is 10.3. The van der Waals surface area contributed by atoms with E-state index in [-0.39, 0.29) is 18.7 Å². The Morgan fingerprint density at radius 2 is 1.94 bits per heavy atom. The van der Waals surface area contributed by atoms with E-state index < -0.39 is 0 Å². The molecule has 1 aromatic rings. The minimum atomic E-state index is 0. The molecule has 1 aromatic heterocycles. The minimum Gasteiger partial charge on any atom is -1.00 e. The van der Waals surface area contributed by atoms with E-state index in [2.05, 4.69) is 31.3 Å². The number of H-pyrrole nitrogens is 1. The number of aryl methyl sites for hydroxylation is 1. The molecular weight excluding hydrogens is 252 g/mol. The molecule has 7 heteroatoms. The van der Waals surface area contributed by atoms with Crippen molar-refractivity contribution in [2.45, 2.75) is 6.29 Å². The molecule has 2 rings (SSSR count). The van der Waals surface area contributed by atoms with Gasteiger partial charge in [0.05, 0.1) is 7.05 Å². The number of aliphatic imine (C=N–C) groups is 1. The van der Waals surface area contributed by atoms with E-state index in [4.69, 9.17) is 4.99 Å². The second-order valence-electron chi connectivity index (χ2n) is 4.85. The highest BCUT2D eigenvalue weighted by Crippen LogP contribution is 2.23. The van der Waals surface area contributed by atoms with Crippen LogP contribution in [0.3, 0.4) is 0 Å². The summed E-state index contributed by atoms with van der Waals surface area (Å²) in [5.74, 6) is 2.10. The van der Waals surface area contributed by atoms with Crippen LogP contribution in [-0.2, 0) is 7.05 Å². The molecule has 0 fully saturated rings. The van der Waals surface area contributed by atoms with Crippen LogP contribution in [-0.4, -0.2) is 62.1 Å². The van der Waals surface area contributed by atoms with Crippen LogP contribution >= 0.6 is 0 Å². The fourth-order valence-corrected chi connectivity index (χ4v) is 2.15. The van der Waals surface area contributed by atoms with Crippen molar-refractivity contribution in [3.8, 4) is 0 Å². The maximum Gasteiger partial charge on any atom is 0.249 e. The van der Waals surface area contributed by atoms with Crippen molar-refractivity contribution in [2.75, 3.05) is 40.1 Å². The Labute approximate surface area is 114 Å². The molecule has 0 saturated heterocycles. The molecule has 1 aliphatic rings.